The number of aromatic hydroxyl groups is 1. The molecule has 0 spiro atoms. The number of phenols is 1. The molecule has 38 heavy (non-hydrogen) atoms. The standard InChI is InChI=1S/C30H41N3O5/c1-5-6-18-31-27(35)26(22-14-10-17-24(34)20-22)33(23-15-11-16-23)28(36)25(19-21-12-8-7-9-13-21)32-29(37)38-30(2,3)4/h7-10,12-14,17,20,23,25-26,34H,5-6,11,15-16,18-19H2,1-4H3,(H,31,35)(H,32,37). The Labute approximate surface area is 225 Å². The van der Waals surface area contributed by atoms with Crippen molar-refractivity contribution in [2.24, 2.45) is 0 Å². The monoisotopic (exact) mass is 523 g/mol. The van der Waals surface area contributed by atoms with Gasteiger partial charge in [0.05, 0.1) is 0 Å². The molecule has 3 amide bonds. The van der Waals surface area contributed by atoms with Gasteiger partial charge in [-0.1, -0.05) is 55.8 Å². The number of unbranched alkanes of at least 4 members (excludes halogenated alkanes) is 1. The fourth-order valence-corrected chi connectivity index (χ4v) is 4.48. The largest absolute Gasteiger partial charge is 0.508 e. The summed E-state index contributed by atoms with van der Waals surface area (Å²) in [4.78, 5) is 42.4. The van der Waals surface area contributed by atoms with Crippen molar-refractivity contribution in [2.45, 2.75) is 89.9 Å². The number of carbonyl (C=O) groups excluding carboxylic acids is 3. The van der Waals surface area contributed by atoms with Gasteiger partial charge < -0.3 is 25.4 Å². The molecule has 2 aromatic carbocycles. The molecule has 0 saturated heterocycles. The molecule has 2 aromatic rings. The lowest BCUT2D eigenvalue weighted by molar-refractivity contribution is -0.147. The second-order valence-corrected chi connectivity index (χ2v) is 10.9. The van der Waals surface area contributed by atoms with Crippen LogP contribution in [0.3, 0.4) is 0 Å². The topological polar surface area (TPSA) is 108 Å². The summed E-state index contributed by atoms with van der Waals surface area (Å²) in [6.45, 7) is 7.82. The quantitative estimate of drug-likeness (QED) is 0.364. The second kappa shape index (κ2) is 13.3. The van der Waals surface area contributed by atoms with Crippen LogP contribution in [-0.4, -0.2) is 52.1 Å². The first-order chi connectivity index (χ1) is 18.1. The molecule has 1 saturated carbocycles. The molecule has 0 heterocycles. The van der Waals surface area contributed by atoms with Crippen LogP contribution in [-0.2, 0) is 20.7 Å². The number of benzene rings is 2. The molecular formula is C30H41N3O5. The van der Waals surface area contributed by atoms with Gasteiger partial charge in [-0.05, 0) is 69.7 Å². The average molecular weight is 524 g/mol. The van der Waals surface area contributed by atoms with E-state index in [1.165, 1.54) is 12.1 Å². The normalized spacial score (nSPS) is 15.1. The minimum Gasteiger partial charge on any atom is -0.508 e. The summed E-state index contributed by atoms with van der Waals surface area (Å²) in [5.41, 5.74) is 0.660. The van der Waals surface area contributed by atoms with E-state index < -0.39 is 23.8 Å². The lowest BCUT2D eigenvalue weighted by atomic mass is 9.87. The Bertz CT molecular complexity index is 1080. The molecule has 0 aromatic heterocycles. The minimum absolute atomic E-state index is 0.0163. The SMILES string of the molecule is CCCCNC(=O)C(c1cccc(O)c1)N(C(=O)C(Cc1ccccc1)NC(=O)OC(C)(C)C)C1CCC1. The molecule has 0 radical (unpaired) electrons. The van der Waals surface area contributed by atoms with E-state index in [0.29, 0.717) is 12.1 Å². The molecule has 3 N–H and O–H groups in total. The molecule has 2 unspecified atom stereocenters. The van der Waals surface area contributed by atoms with E-state index in [-0.39, 0.29) is 30.0 Å². The molecule has 0 aliphatic heterocycles. The van der Waals surface area contributed by atoms with Crippen molar-refractivity contribution in [3.05, 3.63) is 65.7 Å². The van der Waals surface area contributed by atoms with Crippen molar-refractivity contribution < 1.29 is 24.2 Å². The summed E-state index contributed by atoms with van der Waals surface area (Å²) in [5, 5.41) is 16.0. The van der Waals surface area contributed by atoms with E-state index in [4.69, 9.17) is 4.74 Å². The van der Waals surface area contributed by atoms with Crippen LogP contribution in [0.4, 0.5) is 4.79 Å². The molecule has 8 nitrogen and oxygen atoms in total. The first-order valence-electron chi connectivity index (χ1n) is 13.5. The number of hydrogen-bond donors (Lipinski definition) is 3. The predicted molar refractivity (Wildman–Crippen MR) is 147 cm³/mol. The first-order valence-corrected chi connectivity index (χ1v) is 13.5. The number of nitrogens with one attached hydrogen (secondary N) is 2. The fourth-order valence-electron chi connectivity index (χ4n) is 4.48. The van der Waals surface area contributed by atoms with Crippen molar-refractivity contribution in [1.82, 2.24) is 15.5 Å². The number of hydrogen-bond acceptors (Lipinski definition) is 5. The van der Waals surface area contributed by atoms with Crippen LogP contribution in [0.25, 0.3) is 0 Å². The van der Waals surface area contributed by atoms with E-state index >= 15 is 0 Å². The maximum atomic E-state index is 14.3. The van der Waals surface area contributed by atoms with Gasteiger partial charge >= 0.3 is 6.09 Å². The van der Waals surface area contributed by atoms with Gasteiger partial charge in [-0.2, -0.15) is 0 Å². The van der Waals surface area contributed by atoms with Crippen molar-refractivity contribution in [3.63, 3.8) is 0 Å². The summed E-state index contributed by atoms with van der Waals surface area (Å²) in [6, 6.07) is 13.9. The molecule has 1 fully saturated rings. The third-order valence-corrected chi connectivity index (χ3v) is 6.54. The molecule has 1 aliphatic rings. The summed E-state index contributed by atoms with van der Waals surface area (Å²) in [7, 11) is 0. The highest BCUT2D eigenvalue weighted by atomic mass is 16.6. The summed E-state index contributed by atoms with van der Waals surface area (Å²) < 4.78 is 5.48. The lowest BCUT2D eigenvalue weighted by Crippen LogP contribution is -2.58. The number of alkyl carbamates (subject to hydrolysis) is 1. The average Bonchev–Trinajstić information content (AvgIpc) is 2.81. The zero-order chi connectivity index (χ0) is 27.7. The molecular weight excluding hydrogens is 482 g/mol. The third-order valence-electron chi connectivity index (χ3n) is 6.54. The van der Waals surface area contributed by atoms with E-state index in [9.17, 15) is 19.5 Å². The van der Waals surface area contributed by atoms with Crippen LogP contribution in [0.5, 0.6) is 5.75 Å². The van der Waals surface area contributed by atoms with Gasteiger partial charge in [0, 0.05) is 19.0 Å². The number of ether oxygens (including phenoxy) is 1. The van der Waals surface area contributed by atoms with Gasteiger partial charge in [0.2, 0.25) is 11.8 Å². The first kappa shape index (κ1) is 29.0. The lowest BCUT2D eigenvalue weighted by Gasteiger charge is -2.43. The molecule has 1 aliphatic carbocycles. The van der Waals surface area contributed by atoms with Gasteiger partial charge in [-0.15, -0.1) is 0 Å². The van der Waals surface area contributed by atoms with Crippen LogP contribution >= 0.6 is 0 Å². The van der Waals surface area contributed by atoms with E-state index in [2.05, 4.69) is 10.6 Å². The molecule has 3 rings (SSSR count). The summed E-state index contributed by atoms with van der Waals surface area (Å²) in [6.07, 6.45) is 3.74. The van der Waals surface area contributed by atoms with Crippen molar-refractivity contribution in [3.8, 4) is 5.75 Å². The number of amides is 3. The Kier molecular flexibility index (Phi) is 10.2. The Morgan fingerprint density at radius 3 is 2.37 bits per heavy atom. The van der Waals surface area contributed by atoms with E-state index in [1.54, 1.807) is 37.8 Å². The summed E-state index contributed by atoms with van der Waals surface area (Å²) in [5.74, 6) is -0.647. The van der Waals surface area contributed by atoms with Gasteiger partial charge in [0.1, 0.15) is 23.4 Å². The Hall–Kier alpha value is -3.55. The van der Waals surface area contributed by atoms with Crippen molar-refractivity contribution >= 4 is 17.9 Å². The van der Waals surface area contributed by atoms with Crippen molar-refractivity contribution in [2.75, 3.05) is 6.54 Å². The van der Waals surface area contributed by atoms with Crippen LogP contribution < -0.4 is 10.6 Å². The Morgan fingerprint density at radius 2 is 1.79 bits per heavy atom. The van der Waals surface area contributed by atoms with E-state index in [0.717, 1.165) is 37.7 Å². The van der Waals surface area contributed by atoms with Gasteiger partial charge in [0.25, 0.3) is 0 Å². The molecule has 2 atom stereocenters. The Morgan fingerprint density at radius 1 is 1.08 bits per heavy atom. The summed E-state index contributed by atoms with van der Waals surface area (Å²) >= 11 is 0. The maximum absolute atomic E-state index is 14.3. The van der Waals surface area contributed by atoms with E-state index in [1.807, 2.05) is 37.3 Å². The molecule has 0 bridgehead atoms. The smallest absolute Gasteiger partial charge is 0.408 e. The van der Waals surface area contributed by atoms with Gasteiger partial charge in [-0.25, -0.2) is 4.79 Å². The van der Waals surface area contributed by atoms with Crippen LogP contribution in [0, 0.1) is 0 Å². The van der Waals surface area contributed by atoms with Gasteiger partial charge in [-0.3, -0.25) is 9.59 Å². The third kappa shape index (κ3) is 8.23. The van der Waals surface area contributed by atoms with Crippen molar-refractivity contribution in [1.29, 1.82) is 0 Å². The number of phenolic OH excluding ortho intramolecular Hbond substituents is 1. The highest BCUT2D eigenvalue weighted by molar-refractivity contribution is 5.92. The number of rotatable bonds is 11. The highest BCUT2D eigenvalue weighted by Gasteiger charge is 2.42. The molecule has 206 valence electrons. The fraction of sp³-hybridized carbons (Fsp3) is 0.500. The maximum Gasteiger partial charge on any atom is 0.408 e. The predicted octanol–water partition coefficient (Wildman–Crippen LogP) is 4.87. The van der Waals surface area contributed by atoms with Gasteiger partial charge in [0.15, 0.2) is 0 Å². The highest BCUT2D eigenvalue weighted by Crippen LogP contribution is 2.35. The number of nitrogens with zero attached hydrogens (tertiary/aromatic N) is 1. The van der Waals surface area contributed by atoms with Crippen LogP contribution in [0.2, 0.25) is 0 Å². The molecule has 8 heteroatoms. The zero-order valence-corrected chi connectivity index (χ0v) is 22.9. The Balaban J connectivity index is 2.00. The number of carbonyl (C=O) groups is 3. The zero-order valence-electron chi connectivity index (χ0n) is 22.9. The van der Waals surface area contributed by atoms with Crippen LogP contribution in [0.15, 0.2) is 54.6 Å². The van der Waals surface area contributed by atoms with Crippen LogP contribution in [0.1, 0.15) is 77.0 Å². The second-order valence-electron chi connectivity index (χ2n) is 10.9. The minimum atomic E-state index is -0.949.